The summed E-state index contributed by atoms with van der Waals surface area (Å²) in [5.41, 5.74) is 6.24. The molecule has 0 unspecified atom stereocenters. The molecule has 0 saturated heterocycles. The van der Waals surface area contributed by atoms with Crippen LogP contribution in [-0.2, 0) is 10.0 Å². The molecule has 0 atom stereocenters. The van der Waals surface area contributed by atoms with E-state index in [1.54, 1.807) is 0 Å². The lowest BCUT2D eigenvalue weighted by atomic mass is 10.4. The Hall–Kier alpha value is -1.54. The van der Waals surface area contributed by atoms with E-state index < -0.39 is 10.0 Å². The molecule has 1 amide bonds. The van der Waals surface area contributed by atoms with Gasteiger partial charge in [-0.25, -0.2) is 13.1 Å². The molecule has 0 spiro atoms. The maximum Gasteiger partial charge on any atom is 0.267 e. The largest absolute Gasteiger partial charge is 0.397 e. The molecule has 0 bridgehead atoms. The Balaban J connectivity index is 2.31. The predicted molar refractivity (Wildman–Crippen MR) is 60.4 cm³/mol. The number of aromatic nitrogens is 1. The molecule has 0 radical (unpaired) electrons. The highest BCUT2D eigenvalue weighted by molar-refractivity contribution is 7.88. The molecular weight excluding hydrogens is 232 g/mol. The van der Waals surface area contributed by atoms with E-state index in [0.717, 1.165) is 6.26 Å². The molecule has 16 heavy (non-hydrogen) atoms. The summed E-state index contributed by atoms with van der Waals surface area (Å²) in [6, 6.07) is 1.50. The topological polar surface area (TPSA) is 117 Å². The number of H-pyrrole nitrogens is 1. The summed E-state index contributed by atoms with van der Waals surface area (Å²) in [6.45, 7) is 0.367. The maximum atomic E-state index is 11.4. The Kier molecular flexibility index (Phi) is 3.91. The van der Waals surface area contributed by atoms with Crippen LogP contribution in [0.5, 0.6) is 0 Å². The molecule has 0 aromatic carbocycles. The molecule has 5 N–H and O–H groups in total. The van der Waals surface area contributed by atoms with Gasteiger partial charge in [0.15, 0.2) is 0 Å². The first kappa shape index (κ1) is 12.5. The zero-order valence-electron chi connectivity index (χ0n) is 8.78. The molecule has 0 aliphatic heterocycles. The number of sulfonamides is 1. The number of nitrogens with two attached hydrogens (primary N) is 1. The Morgan fingerprint density at radius 2 is 2.19 bits per heavy atom. The van der Waals surface area contributed by atoms with Crippen LogP contribution in [0.4, 0.5) is 5.69 Å². The number of nitrogen functional groups attached to an aromatic ring is 1. The summed E-state index contributed by atoms with van der Waals surface area (Å²) in [6.07, 6.45) is 2.56. The van der Waals surface area contributed by atoms with Crippen molar-refractivity contribution in [3.63, 3.8) is 0 Å². The van der Waals surface area contributed by atoms with Crippen molar-refractivity contribution >= 4 is 21.6 Å². The Morgan fingerprint density at radius 3 is 2.69 bits per heavy atom. The molecule has 1 aromatic heterocycles. The van der Waals surface area contributed by atoms with Crippen molar-refractivity contribution in [1.29, 1.82) is 0 Å². The van der Waals surface area contributed by atoms with E-state index in [1.165, 1.54) is 12.3 Å². The fourth-order valence-electron chi connectivity index (χ4n) is 1.05. The minimum Gasteiger partial charge on any atom is -0.397 e. The molecule has 0 aliphatic carbocycles. The van der Waals surface area contributed by atoms with E-state index in [0.29, 0.717) is 11.4 Å². The highest BCUT2D eigenvalue weighted by atomic mass is 32.2. The minimum atomic E-state index is -3.21. The van der Waals surface area contributed by atoms with Gasteiger partial charge in [-0.05, 0) is 6.07 Å². The van der Waals surface area contributed by atoms with E-state index in [2.05, 4.69) is 15.0 Å². The normalized spacial score (nSPS) is 11.3. The van der Waals surface area contributed by atoms with Crippen molar-refractivity contribution in [3.8, 4) is 0 Å². The van der Waals surface area contributed by atoms with E-state index in [-0.39, 0.29) is 19.0 Å². The highest BCUT2D eigenvalue weighted by Gasteiger charge is 2.06. The Labute approximate surface area is 93.5 Å². The molecule has 1 rings (SSSR count). The molecule has 1 aromatic rings. The van der Waals surface area contributed by atoms with Gasteiger partial charge in [-0.15, -0.1) is 0 Å². The van der Waals surface area contributed by atoms with Crippen LogP contribution in [-0.4, -0.2) is 38.7 Å². The first-order valence-corrected chi connectivity index (χ1v) is 6.44. The van der Waals surface area contributed by atoms with Crippen LogP contribution in [0.25, 0.3) is 0 Å². The number of hydrogen-bond donors (Lipinski definition) is 4. The second-order valence-corrected chi connectivity index (χ2v) is 5.10. The van der Waals surface area contributed by atoms with Gasteiger partial charge in [-0.3, -0.25) is 4.79 Å². The third-order valence-electron chi connectivity index (χ3n) is 1.72. The summed E-state index contributed by atoms with van der Waals surface area (Å²) >= 11 is 0. The number of carbonyl (C=O) groups is 1. The Morgan fingerprint density at radius 1 is 1.50 bits per heavy atom. The fourth-order valence-corrected chi connectivity index (χ4v) is 1.52. The Bertz CT molecular complexity index is 465. The first-order valence-electron chi connectivity index (χ1n) is 4.55. The number of carbonyl (C=O) groups excluding carboxylic acids is 1. The van der Waals surface area contributed by atoms with Crippen LogP contribution in [0, 0.1) is 0 Å². The number of hydrogen-bond acceptors (Lipinski definition) is 4. The second-order valence-electron chi connectivity index (χ2n) is 3.27. The quantitative estimate of drug-likeness (QED) is 0.492. The van der Waals surface area contributed by atoms with Gasteiger partial charge >= 0.3 is 0 Å². The third kappa shape index (κ3) is 4.32. The lowest BCUT2D eigenvalue weighted by Crippen LogP contribution is -2.34. The van der Waals surface area contributed by atoms with Gasteiger partial charge in [-0.2, -0.15) is 0 Å². The van der Waals surface area contributed by atoms with Crippen LogP contribution >= 0.6 is 0 Å². The van der Waals surface area contributed by atoms with Crippen molar-refractivity contribution in [2.75, 3.05) is 25.1 Å². The average molecular weight is 246 g/mol. The van der Waals surface area contributed by atoms with Gasteiger partial charge in [-0.1, -0.05) is 0 Å². The van der Waals surface area contributed by atoms with Crippen molar-refractivity contribution in [2.24, 2.45) is 0 Å². The van der Waals surface area contributed by atoms with Crippen LogP contribution in [0.3, 0.4) is 0 Å². The SMILES string of the molecule is CS(=O)(=O)NCCNC(=O)c1cc(N)c[nH]1. The number of aromatic amines is 1. The highest BCUT2D eigenvalue weighted by Crippen LogP contribution is 2.03. The van der Waals surface area contributed by atoms with Crippen molar-refractivity contribution in [1.82, 2.24) is 15.0 Å². The number of amides is 1. The van der Waals surface area contributed by atoms with E-state index in [9.17, 15) is 13.2 Å². The second kappa shape index (κ2) is 4.99. The van der Waals surface area contributed by atoms with Gasteiger partial charge in [0.1, 0.15) is 5.69 Å². The van der Waals surface area contributed by atoms with Gasteiger partial charge in [0.05, 0.1) is 6.26 Å². The lowest BCUT2D eigenvalue weighted by molar-refractivity contribution is 0.0950. The summed E-state index contributed by atoms with van der Waals surface area (Å²) < 4.78 is 23.7. The summed E-state index contributed by atoms with van der Waals surface area (Å²) in [5.74, 6) is -0.327. The van der Waals surface area contributed by atoms with Crippen molar-refractivity contribution in [3.05, 3.63) is 18.0 Å². The lowest BCUT2D eigenvalue weighted by Gasteiger charge is -2.03. The zero-order valence-corrected chi connectivity index (χ0v) is 9.60. The number of anilines is 1. The van der Waals surface area contributed by atoms with Gasteiger partial charge in [0, 0.05) is 25.0 Å². The summed E-state index contributed by atoms with van der Waals surface area (Å²) in [4.78, 5) is 14.1. The van der Waals surface area contributed by atoms with Crippen LogP contribution in [0.15, 0.2) is 12.3 Å². The van der Waals surface area contributed by atoms with Gasteiger partial charge < -0.3 is 16.0 Å². The smallest absolute Gasteiger partial charge is 0.267 e. The molecule has 0 fully saturated rings. The average Bonchev–Trinajstić information content (AvgIpc) is 2.57. The van der Waals surface area contributed by atoms with E-state index >= 15 is 0 Å². The van der Waals surface area contributed by atoms with Crippen LogP contribution in [0.1, 0.15) is 10.5 Å². The fraction of sp³-hybridized carbons (Fsp3) is 0.375. The summed E-state index contributed by atoms with van der Waals surface area (Å²) in [7, 11) is -3.21. The monoisotopic (exact) mass is 246 g/mol. The predicted octanol–water partition coefficient (Wildman–Crippen LogP) is -1.12. The van der Waals surface area contributed by atoms with Gasteiger partial charge in [0.2, 0.25) is 10.0 Å². The van der Waals surface area contributed by atoms with Crippen molar-refractivity contribution < 1.29 is 13.2 Å². The van der Waals surface area contributed by atoms with E-state index in [4.69, 9.17) is 5.73 Å². The third-order valence-corrected chi connectivity index (χ3v) is 2.45. The molecular formula is C8H14N4O3S. The number of nitrogens with one attached hydrogen (secondary N) is 3. The number of rotatable bonds is 5. The van der Waals surface area contributed by atoms with Crippen LogP contribution in [0.2, 0.25) is 0 Å². The molecule has 0 aliphatic rings. The zero-order chi connectivity index (χ0) is 12.2. The van der Waals surface area contributed by atoms with Crippen molar-refractivity contribution in [2.45, 2.75) is 0 Å². The molecule has 0 saturated carbocycles. The maximum absolute atomic E-state index is 11.4. The molecule has 8 heteroatoms. The molecule has 90 valence electrons. The minimum absolute atomic E-state index is 0.154. The summed E-state index contributed by atoms with van der Waals surface area (Å²) in [5, 5.41) is 2.53. The van der Waals surface area contributed by atoms with Gasteiger partial charge in [0.25, 0.3) is 5.91 Å². The van der Waals surface area contributed by atoms with E-state index in [1.807, 2.05) is 0 Å². The van der Waals surface area contributed by atoms with Crippen LogP contribution < -0.4 is 15.8 Å². The standard InChI is InChI=1S/C8H14N4O3S/c1-16(14,15)12-3-2-10-8(13)7-4-6(9)5-11-7/h4-5,11-12H,2-3,9H2,1H3,(H,10,13). The first-order chi connectivity index (χ1) is 7.38. The molecule has 1 heterocycles. The molecule has 7 nitrogen and oxygen atoms in total.